The van der Waals surface area contributed by atoms with E-state index in [4.69, 9.17) is 0 Å². The molecule has 1 rings (SSSR count). The Bertz CT molecular complexity index is 166. The number of rotatable bonds is 4. The minimum atomic E-state index is 0.313. The highest BCUT2D eigenvalue weighted by Gasteiger charge is 2.25. The van der Waals surface area contributed by atoms with Crippen molar-refractivity contribution in [3.8, 4) is 0 Å². The lowest BCUT2D eigenvalue weighted by Crippen LogP contribution is -2.57. The first-order valence-corrected chi connectivity index (χ1v) is 6.01. The van der Waals surface area contributed by atoms with Crippen molar-refractivity contribution in [3.05, 3.63) is 0 Å². The molecule has 0 aromatic carbocycles. The van der Waals surface area contributed by atoms with Gasteiger partial charge in [0, 0.05) is 25.2 Å². The van der Waals surface area contributed by atoms with Gasteiger partial charge in [0.15, 0.2) is 0 Å². The average Bonchev–Trinajstić information content (AvgIpc) is 2.12. The van der Waals surface area contributed by atoms with Crippen LogP contribution in [0.15, 0.2) is 0 Å². The van der Waals surface area contributed by atoms with Gasteiger partial charge in [-0.05, 0) is 32.7 Å². The van der Waals surface area contributed by atoms with Crippen LogP contribution in [0.4, 0.5) is 0 Å². The summed E-state index contributed by atoms with van der Waals surface area (Å²) < 4.78 is 0. The highest BCUT2D eigenvalue weighted by atomic mass is 15.2. The van der Waals surface area contributed by atoms with Crippen LogP contribution in [0.1, 0.15) is 40.5 Å². The summed E-state index contributed by atoms with van der Waals surface area (Å²) in [6, 6.07) is 0. The van der Waals surface area contributed by atoms with Crippen LogP contribution in [-0.2, 0) is 0 Å². The van der Waals surface area contributed by atoms with Gasteiger partial charge in [-0.3, -0.25) is 0 Å². The molecule has 1 aliphatic rings. The molecule has 14 heavy (non-hydrogen) atoms. The summed E-state index contributed by atoms with van der Waals surface area (Å²) in [5, 5.41) is 3.55. The lowest BCUT2D eigenvalue weighted by molar-refractivity contribution is 0.147. The van der Waals surface area contributed by atoms with E-state index in [-0.39, 0.29) is 0 Å². The Morgan fingerprint density at radius 2 is 2.14 bits per heavy atom. The van der Waals surface area contributed by atoms with Gasteiger partial charge in [0.2, 0.25) is 0 Å². The second-order valence-electron chi connectivity index (χ2n) is 5.39. The Balaban J connectivity index is 2.24. The molecule has 0 aromatic heterocycles. The van der Waals surface area contributed by atoms with Crippen LogP contribution in [0.2, 0.25) is 0 Å². The highest BCUT2D eigenvalue weighted by Crippen LogP contribution is 2.13. The van der Waals surface area contributed by atoms with Gasteiger partial charge in [-0.1, -0.05) is 20.3 Å². The Morgan fingerprint density at radius 3 is 2.71 bits per heavy atom. The van der Waals surface area contributed by atoms with Crippen molar-refractivity contribution in [2.45, 2.75) is 46.1 Å². The van der Waals surface area contributed by atoms with Crippen LogP contribution in [0, 0.1) is 5.92 Å². The zero-order chi connectivity index (χ0) is 10.6. The van der Waals surface area contributed by atoms with Crippen LogP contribution in [-0.4, -0.2) is 36.6 Å². The summed E-state index contributed by atoms with van der Waals surface area (Å²) in [6.07, 6.45) is 2.67. The normalized spacial score (nSPS) is 24.9. The maximum absolute atomic E-state index is 3.55. The lowest BCUT2D eigenvalue weighted by Gasteiger charge is -2.39. The van der Waals surface area contributed by atoms with E-state index in [0.717, 1.165) is 12.5 Å². The summed E-state index contributed by atoms with van der Waals surface area (Å²) in [4.78, 5) is 2.60. The zero-order valence-electron chi connectivity index (χ0n) is 10.3. The van der Waals surface area contributed by atoms with Gasteiger partial charge in [0.05, 0.1) is 0 Å². The second-order valence-corrected chi connectivity index (χ2v) is 5.39. The van der Waals surface area contributed by atoms with E-state index in [2.05, 4.69) is 37.9 Å². The summed E-state index contributed by atoms with van der Waals surface area (Å²) in [5.74, 6) is 0.882. The third-order valence-electron chi connectivity index (χ3n) is 3.29. The molecule has 0 spiro atoms. The first-order valence-electron chi connectivity index (χ1n) is 6.01. The molecule has 2 heteroatoms. The Kier molecular flexibility index (Phi) is 4.39. The van der Waals surface area contributed by atoms with Crippen molar-refractivity contribution in [2.75, 3.05) is 26.2 Å². The molecule has 1 unspecified atom stereocenters. The predicted molar refractivity (Wildman–Crippen MR) is 62.6 cm³/mol. The zero-order valence-corrected chi connectivity index (χ0v) is 10.3. The van der Waals surface area contributed by atoms with Gasteiger partial charge >= 0.3 is 0 Å². The minimum Gasteiger partial charge on any atom is -0.309 e. The molecule has 1 aliphatic heterocycles. The third-order valence-corrected chi connectivity index (χ3v) is 3.29. The van der Waals surface area contributed by atoms with Gasteiger partial charge in [0.25, 0.3) is 0 Å². The van der Waals surface area contributed by atoms with Crippen LogP contribution >= 0.6 is 0 Å². The third kappa shape index (κ3) is 3.97. The SMILES string of the molecule is CCC(C)CCN1CCNC(C)(C)C1. The van der Waals surface area contributed by atoms with E-state index < -0.39 is 0 Å². The largest absolute Gasteiger partial charge is 0.309 e. The van der Waals surface area contributed by atoms with E-state index in [0.29, 0.717) is 5.54 Å². The highest BCUT2D eigenvalue weighted by molar-refractivity contribution is 4.86. The van der Waals surface area contributed by atoms with Crippen LogP contribution in [0.3, 0.4) is 0 Å². The van der Waals surface area contributed by atoms with Crippen molar-refractivity contribution in [1.29, 1.82) is 0 Å². The summed E-state index contributed by atoms with van der Waals surface area (Å²) in [5.41, 5.74) is 0.313. The fraction of sp³-hybridized carbons (Fsp3) is 1.00. The van der Waals surface area contributed by atoms with E-state index in [9.17, 15) is 0 Å². The van der Waals surface area contributed by atoms with Gasteiger partial charge in [-0.25, -0.2) is 0 Å². The predicted octanol–water partition coefficient (Wildman–Crippen LogP) is 2.11. The van der Waals surface area contributed by atoms with Crippen molar-refractivity contribution < 1.29 is 0 Å². The quantitative estimate of drug-likeness (QED) is 0.744. The molecule has 1 atom stereocenters. The summed E-state index contributed by atoms with van der Waals surface area (Å²) >= 11 is 0. The van der Waals surface area contributed by atoms with Gasteiger partial charge < -0.3 is 10.2 Å². The molecule has 1 fully saturated rings. The Morgan fingerprint density at radius 1 is 1.43 bits per heavy atom. The van der Waals surface area contributed by atoms with Crippen molar-refractivity contribution in [1.82, 2.24) is 10.2 Å². The standard InChI is InChI=1S/C12H26N2/c1-5-11(2)6-8-14-9-7-13-12(3,4)10-14/h11,13H,5-10H2,1-4H3. The molecule has 0 aliphatic carbocycles. The molecule has 1 N–H and O–H groups in total. The number of hydrogen-bond acceptors (Lipinski definition) is 2. The number of nitrogens with zero attached hydrogens (tertiary/aromatic N) is 1. The van der Waals surface area contributed by atoms with E-state index in [1.165, 1.54) is 32.5 Å². The van der Waals surface area contributed by atoms with E-state index >= 15 is 0 Å². The lowest BCUT2D eigenvalue weighted by atomic mass is 10.0. The average molecular weight is 198 g/mol. The fourth-order valence-electron chi connectivity index (χ4n) is 2.04. The van der Waals surface area contributed by atoms with Crippen LogP contribution in [0.25, 0.3) is 0 Å². The molecule has 0 bridgehead atoms. The molecule has 1 saturated heterocycles. The molecule has 1 heterocycles. The first kappa shape index (κ1) is 12.0. The van der Waals surface area contributed by atoms with Crippen LogP contribution < -0.4 is 5.32 Å². The molecular formula is C12H26N2. The molecule has 0 radical (unpaired) electrons. The Labute approximate surface area is 89.1 Å². The van der Waals surface area contributed by atoms with Crippen molar-refractivity contribution in [3.63, 3.8) is 0 Å². The van der Waals surface area contributed by atoms with Gasteiger partial charge in [-0.15, -0.1) is 0 Å². The Hall–Kier alpha value is -0.0800. The number of hydrogen-bond donors (Lipinski definition) is 1. The topological polar surface area (TPSA) is 15.3 Å². The molecule has 0 aromatic rings. The van der Waals surface area contributed by atoms with Crippen molar-refractivity contribution >= 4 is 0 Å². The monoisotopic (exact) mass is 198 g/mol. The van der Waals surface area contributed by atoms with E-state index in [1.54, 1.807) is 0 Å². The second kappa shape index (κ2) is 5.13. The smallest absolute Gasteiger partial charge is 0.0252 e. The molecule has 84 valence electrons. The van der Waals surface area contributed by atoms with E-state index in [1.807, 2.05) is 0 Å². The number of nitrogens with one attached hydrogen (secondary N) is 1. The molecule has 0 saturated carbocycles. The summed E-state index contributed by atoms with van der Waals surface area (Å²) in [7, 11) is 0. The maximum Gasteiger partial charge on any atom is 0.0252 e. The molecule has 0 amide bonds. The van der Waals surface area contributed by atoms with Crippen LogP contribution in [0.5, 0.6) is 0 Å². The van der Waals surface area contributed by atoms with Crippen molar-refractivity contribution in [2.24, 2.45) is 5.92 Å². The number of piperazine rings is 1. The summed E-state index contributed by atoms with van der Waals surface area (Å²) in [6.45, 7) is 14.1. The molecule has 2 nitrogen and oxygen atoms in total. The van der Waals surface area contributed by atoms with Gasteiger partial charge in [-0.2, -0.15) is 0 Å². The maximum atomic E-state index is 3.55. The van der Waals surface area contributed by atoms with Gasteiger partial charge in [0.1, 0.15) is 0 Å². The minimum absolute atomic E-state index is 0.313. The molecular weight excluding hydrogens is 172 g/mol. The first-order chi connectivity index (χ1) is 6.53. The fourth-order valence-corrected chi connectivity index (χ4v) is 2.04.